The summed E-state index contributed by atoms with van der Waals surface area (Å²) in [5.74, 6) is 1.68. The highest BCUT2D eigenvalue weighted by molar-refractivity contribution is 5.84. The predicted octanol–water partition coefficient (Wildman–Crippen LogP) is 4.69. The van der Waals surface area contributed by atoms with Crippen LogP contribution < -0.4 is 4.74 Å². The summed E-state index contributed by atoms with van der Waals surface area (Å²) in [5.41, 5.74) is 1.19. The number of carboxylic acid groups (broad SMARTS) is 1. The Hall–Kier alpha value is -3.61. The van der Waals surface area contributed by atoms with Crippen molar-refractivity contribution in [1.82, 2.24) is 9.88 Å². The normalized spacial score (nSPS) is 15.2. The molecule has 2 aromatic carbocycles. The molecule has 0 unspecified atom stereocenters. The lowest BCUT2D eigenvalue weighted by atomic mass is 9.74. The number of hydrogen-bond acceptors (Lipinski definition) is 5. The molecule has 0 bridgehead atoms. The third-order valence-electron chi connectivity index (χ3n) is 7.31. The highest BCUT2D eigenvalue weighted by atomic mass is 19.2. The van der Waals surface area contributed by atoms with Crippen molar-refractivity contribution in [3.63, 3.8) is 0 Å². The van der Waals surface area contributed by atoms with Gasteiger partial charge in [0.1, 0.15) is 11.6 Å². The molecule has 0 atom stereocenters. The minimum absolute atomic E-state index is 0.165. The van der Waals surface area contributed by atoms with Crippen LogP contribution in [0, 0.1) is 34.7 Å². The fourth-order valence-corrected chi connectivity index (χ4v) is 5.03. The van der Waals surface area contributed by atoms with Gasteiger partial charge in [-0.3, -0.25) is 14.7 Å². The topological polar surface area (TPSA) is 82.9 Å². The molecule has 200 valence electrons. The number of carbonyl (C=O) groups is 1. The van der Waals surface area contributed by atoms with Crippen LogP contribution in [0.25, 0.3) is 10.9 Å². The Labute approximate surface area is 219 Å². The van der Waals surface area contributed by atoms with Crippen molar-refractivity contribution in [3.8, 4) is 17.6 Å². The number of rotatable bonds is 8. The second-order valence-electron chi connectivity index (χ2n) is 9.57. The summed E-state index contributed by atoms with van der Waals surface area (Å²) in [4.78, 5) is 18.7. The number of aliphatic hydroxyl groups excluding tert-OH is 1. The van der Waals surface area contributed by atoms with Crippen molar-refractivity contribution < 1.29 is 32.9 Å². The molecule has 2 N–H and O–H groups in total. The van der Waals surface area contributed by atoms with Crippen molar-refractivity contribution in [2.24, 2.45) is 5.41 Å². The third kappa shape index (κ3) is 5.93. The maximum absolute atomic E-state index is 13.8. The molecule has 0 amide bonds. The number of aliphatic carboxylic acids is 1. The number of nitrogens with zero attached hydrogens (tertiary/aromatic N) is 2. The molecule has 0 saturated carbocycles. The summed E-state index contributed by atoms with van der Waals surface area (Å²) in [7, 11) is 1.58. The number of pyridine rings is 1. The first kappa shape index (κ1) is 27.4. The largest absolute Gasteiger partial charge is 0.497 e. The van der Waals surface area contributed by atoms with Gasteiger partial charge in [-0.05, 0) is 67.5 Å². The van der Waals surface area contributed by atoms with Crippen molar-refractivity contribution in [1.29, 1.82) is 0 Å². The Bertz CT molecular complexity index is 1390. The summed E-state index contributed by atoms with van der Waals surface area (Å²) in [5, 5.41) is 20.8. The lowest BCUT2D eigenvalue weighted by Gasteiger charge is -2.38. The fraction of sp³-hybridized carbons (Fsp3) is 0.379. The second-order valence-corrected chi connectivity index (χ2v) is 9.57. The number of carboxylic acids is 1. The van der Waals surface area contributed by atoms with Crippen LogP contribution in [0.4, 0.5) is 13.2 Å². The number of halogens is 3. The summed E-state index contributed by atoms with van der Waals surface area (Å²) in [6.07, 6.45) is 4.16. The molecule has 3 aromatic rings. The number of aromatic nitrogens is 1. The SMILES string of the molecule is COc1ccc2ncc(CO)c(CCCC3(C(=O)O)CCN(CC#Cc4cc(F)cc(F)c4F)CC3)c2c1. The van der Waals surface area contributed by atoms with Crippen LogP contribution in [0.3, 0.4) is 0 Å². The number of methoxy groups -OCH3 is 1. The molecule has 1 aliphatic heterocycles. The number of hydrogen-bond donors (Lipinski definition) is 2. The molecule has 2 heterocycles. The van der Waals surface area contributed by atoms with Gasteiger partial charge >= 0.3 is 5.97 Å². The maximum Gasteiger partial charge on any atom is 0.309 e. The predicted molar refractivity (Wildman–Crippen MR) is 136 cm³/mol. The van der Waals surface area contributed by atoms with E-state index in [4.69, 9.17) is 4.74 Å². The Balaban J connectivity index is 1.40. The van der Waals surface area contributed by atoms with E-state index in [0.29, 0.717) is 62.6 Å². The van der Waals surface area contributed by atoms with Gasteiger partial charge in [0, 0.05) is 30.7 Å². The van der Waals surface area contributed by atoms with Crippen LogP contribution >= 0.6 is 0 Å². The number of fused-ring (bicyclic) bond motifs is 1. The van der Waals surface area contributed by atoms with Gasteiger partial charge in [-0.1, -0.05) is 11.8 Å². The van der Waals surface area contributed by atoms with Crippen molar-refractivity contribution in [3.05, 3.63) is 70.7 Å². The van der Waals surface area contributed by atoms with Crippen LogP contribution in [0.2, 0.25) is 0 Å². The summed E-state index contributed by atoms with van der Waals surface area (Å²) in [6, 6.07) is 6.88. The molecule has 1 aliphatic rings. The maximum atomic E-state index is 13.8. The van der Waals surface area contributed by atoms with Gasteiger partial charge in [-0.25, -0.2) is 13.2 Å². The van der Waals surface area contributed by atoms with Crippen LogP contribution in [-0.2, 0) is 17.8 Å². The number of benzene rings is 2. The molecule has 0 aliphatic carbocycles. The van der Waals surface area contributed by atoms with Crippen LogP contribution in [-0.4, -0.2) is 52.8 Å². The van der Waals surface area contributed by atoms with E-state index in [1.165, 1.54) is 0 Å². The van der Waals surface area contributed by atoms with Gasteiger partial charge < -0.3 is 14.9 Å². The molecule has 1 saturated heterocycles. The van der Waals surface area contributed by atoms with E-state index in [1.807, 2.05) is 23.1 Å². The van der Waals surface area contributed by atoms with Gasteiger partial charge in [0.25, 0.3) is 0 Å². The molecule has 1 aromatic heterocycles. The summed E-state index contributed by atoms with van der Waals surface area (Å²) >= 11 is 0. The van der Waals surface area contributed by atoms with Gasteiger partial charge in [-0.15, -0.1) is 0 Å². The van der Waals surface area contributed by atoms with Crippen molar-refractivity contribution in [2.75, 3.05) is 26.7 Å². The third-order valence-corrected chi connectivity index (χ3v) is 7.31. The minimum atomic E-state index is -1.29. The molecule has 0 spiro atoms. The van der Waals surface area contributed by atoms with Crippen LogP contribution in [0.5, 0.6) is 5.75 Å². The standard InChI is InChI=1S/C29H29F3N2O4/c1-38-22-6-7-26-24(16-22)23(20(18-35)17-33-26)5-2-8-29(28(36)37)9-12-34(13-10-29)11-3-4-19-14-21(30)15-25(31)27(19)32/h6-7,14-17,35H,2,5,8-13,18H2,1H3,(H,36,37). The first-order valence-electron chi connectivity index (χ1n) is 12.4. The number of likely N-dealkylation sites (tertiary alicyclic amines) is 1. The van der Waals surface area contributed by atoms with Gasteiger partial charge in [0.2, 0.25) is 0 Å². The van der Waals surface area contributed by atoms with E-state index >= 15 is 0 Å². The molecular weight excluding hydrogens is 497 g/mol. The number of aryl methyl sites for hydroxylation is 1. The molecule has 6 nitrogen and oxygen atoms in total. The zero-order valence-corrected chi connectivity index (χ0v) is 21.1. The first-order chi connectivity index (χ1) is 18.3. The van der Waals surface area contributed by atoms with E-state index in [1.54, 1.807) is 13.3 Å². The summed E-state index contributed by atoms with van der Waals surface area (Å²) < 4.78 is 45.9. The first-order valence-corrected chi connectivity index (χ1v) is 12.4. The Morgan fingerprint density at radius 3 is 2.63 bits per heavy atom. The Kier molecular flexibility index (Phi) is 8.55. The average molecular weight is 527 g/mol. The monoisotopic (exact) mass is 526 g/mol. The van der Waals surface area contributed by atoms with Crippen LogP contribution in [0.15, 0.2) is 36.5 Å². The lowest BCUT2D eigenvalue weighted by Crippen LogP contribution is -2.44. The minimum Gasteiger partial charge on any atom is -0.497 e. The zero-order valence-electron chi connectivity index (χ0n) is 21.1. The van der Waals surface area contributed by atoms with E-state index in [9.17, 15) is 28.2 Å². The summed E-state index contributed by atoms with van der Waals surface area (Å²) in [6.45, 7) is 1.04. The molecule has 0 radical (unpaired) electrons. The fourth-order valence-electron chi connectivity index (χ4n) is 5.03. The second kappa shape index (κ2) is 11.8. The highest BCUT2D eigenvalue weighted by Crippen LogP contribution is 2.37. The molecule has 9 heteroatoms. The number of ether oxygens (including phenoxy) is 1. The average Bonchev–Trinajstić information content (AvgIpc) is 2.91. The van der Waals surface area contributed by atoms with E-state index in [-0.39, 0.29) is 18.7 Å². The van der Waals surface area contributed by atoms with E-state index in [2.05, 4.69) is 16.8 Å². The van der Waals surface area contributed by atoms with Crippen LogP contribution in [0.1, 0.15) is 42.4 Å². The highest BCUT2D eigenvalue weighted by Gasteiger charge is 2.40. The van der Waals surface area contributed by atoms with Gasteiger partial charge in [0.05, 0.1) is 36.8 Å². The van der Waals surface area contributed by atoms with Gasteiger partial charge in [-0.2, -0.15) is 0 Å². The van der Waals surface area contributed by atoms with E-state index < -0.39 is 28.8 Å². The smallest absolute Gasteiger partial charge is 0.309 e. The van der Waals surface area contributed by atoms with Crippen molar-refractivity contribution >= 4 is 16.9 Å². The molecule has 1 fully saturated rings. The zero-order chi connectivity index (χ0) is 27.3. The quantitative estimate of drug-likeness (QED) is 0.327. The van der Waals surface area contributed by atoms with Gasteiger partial charge in [0.15, 0.2) is 11.6 Å². The lowest BCUT2D eigenvalue weighted by molar-refractivity contribution is -0.152. The molecule has 4 rings (SSSR count). The van der Waals surface area contributed by atoms with E-state index in [0.717, 1.165) is 22.5 Å². The molecular formula is C29H29F3N2O4. The Morgan fingerprint density at radius 1 is 1.18 bits per heavy atom. The number of piperidine rings is 1. The van der Waals surface area contributed by atoms with Crippen molar-refractivity contribution in [2.45, 2.75) is 38.7 Å². The Morgan fingerprint density at radius 2 is 1.95 bits per heavy atom. The number of aliphatic hydroxyl groups is 1. The molecule has 38 heavy (non-hydrogen) atoms.